The Hall–Kier alpha value is -0.320. The Morgan fingerprint density at radius 1 is 1.28 bits per heavy atom. The number of nitrogens with zero attached hydrogens (tertiary/aromatic N) is 1. The number of halogens is 1. The van der Waals surface area contributed by atoms with Crippen molar-refractivity contribution in [3.63, 3.8) is 0 Å². The molecule has 0 bridgehead atoms. The Morgan fingerprint density at radius 2 is 2.00 bits per heavy atom. The van der Waals surface area contributed by atoms with E-state index in [0.717, 1.165) is 25.6 Å². The second kappa shape index (κ2) is 7.97. The monoisotopic (exact) mass is 275 g/mol. The van der Waals surface area contributed by atoms with Gasteiger partial charge in [0.2, 0.25) is 5.91 Å². The third-order valence-electron chi connectivity index (χ3n) is 3.95. The second-order valence-corrected chi connectivity index (χ2v) is 5.50. The van der Waals surface area contributed by atoms with Gasteiger partial charge in [0.25, 0.3) is 0 Å². The van der Waals surface area contributed by atoms with E-state index in [0.29, 0.717) is 12.6 Å². The minimum Gasteiger partial charge on any atom is -0.352 e. The molecule has 106 valence electrons. The molecule has 2 fully saturated rings. The van der Waals surface area contributed by atoms with E-state index in [2.05, 4.69) is 15.5 Å². The quantitative estimate of drug-likeness (QED) is 0.787. The number of carbonyl (C=O) groups is 1. The van der Waals surface area contributed by atoms with Gasteiger partial charge in [0.05, 0.1) is 6.54 Å². The minimum absolute atomic E-state index is 0. The summed E-state index contributed by atoms with van der Waals surface area (Å²) in [5.74, 6) is 0.946. The molecule has 0 radical (unpaired) electrons. The van der Waals surface area contributed by atoms with Crippen molar-refractivity contribution in [1.82, 2.24) is 15.5 Å². The second-order valence-electron chi connectivity index (χ2n) is 5.50. The van der Waals surface area contributed by atoms with E-state index in [1.165, 1.54) is 32.1 Å². The van der Waals surface area contributed by atoms with Crippen LogP contribution in [0.15, 0.2) is 0 Å². The number of carbonyl (C=O) groups excluding carboxylic acids is 1. The molecule has 2 rings (SSSR count). The van der Waals surface area contributed by atoms with Crippen LogP contribution in [0.2, 0.25) is 0 Å². The summed E-state index contributed by atoms with van der Waals surface area (Å²) in [4.78, 5) is 14.1. The van der Waals surface area contributed by atoms with Crippen LogP contribution in [0.3, 0.4) is 0 Å². The molecule has 2 N–H and O–H groups in total. The lowest BCUT2D eigenvalue weighted by atomic mass is 10.1. The normalized spacial score (nSPS) is 25.1. The van der Waals surface area contributed by atoms with Crippen molar-refractivity contribution in [1.29, 1.82) is 0 Å². The Morgan fingerprint density at radius 3 is 2.67 bits per heavy atom. The molecule has 1 saturated heterocycles. The largest absolute Gasteiger partial charge is 0.352 e. The lowest BCUT2D eigenvalue weighted by Crippen LogP contribution is -2.40. The summed E-state index contributed by atoms with van der Waals surface area (Å²) in [5.41, 5.74) is 0. The van der Waals surface area contributed by atoms with Crippen molar-refractivity contribution >= 4 is 18.3 Å². The average molecular weight is 276 g/mol. The zero-order valence-electron chi connectivity index (χ0n) is 11.3. The minimum atomic E-state index is 0. The van der Waals surface area contributed by atoms with Gasteiger partial charge >= 0.3 is 0 Å². The molecule has 1 saturated carbocycles. The molecule has 0 aromatic carbocycles. The maximum absolute atomic E-state index is 11.9. The van der Waals surface area contributed by atoms with Gasteiger partial charge < -0.3 is 10.6 Å². The van der Waals surface area contributed by atoms with E-state index in [9.17, 15) is 4.79 Å². The first kappa shape index (κ1) is 15.7. The molecule has 2 aliphatic rings. The fourth-order valence-electron chi connectivity index (χ4n) is 3.06. The van der Waals surface area contributed by atoms with Crippen molar-refractivity contribution in [3.05, 3.63) is 0 Å². The van der Waals surface area contributed by atoms with E-state index in [1.807, 2.05) is 7.05 Å². The predicted octanol–water partition coefficient (Wildman–Crippen LogP) is 1.01. The molecular weight excluding hydrogens is 250 g/mol. The average Bonchev–Trinajstić information content (AvgIpc) is 2.91. The molecule has 0 spiro atoms. The first-order valence-corrected chi connectivity index (χ1v) is 6.94. The van der Waals surface area contributed by atoms with E-state index in [-0.39, 0.29) is 18.3 Å². The highest BCUT2D eigenvalue weighted by Gasteiger charge is 2.24. The van der Waals surface area contributed by atoms with Crippen molar-refractivity contribution in [2.75, 3.05) is 33.2 Å². The van der Waals surface area contributed by atoms with Gasteiger partial charge in [0.1, 0.15) is 0 Å². The number of hydrogen-bond acceptors (Lipinski definition) is 3. The summed E-state index contributed by atoms with van der Waals surface area (Å²) >= 11 is 0. The van der Waals surface area contributed by atoms with Gasteiger partial charge in [-0.25, -0.2) is 0 Å². The SMILES string of the molecule is CNCC1CCN(CC(=O)NC2CCCC2)C1.Cl. The standard InChI is InChI=1S/C13H25N3O.ClH/c1-14-8-11-6-7-16(9-11)10-13(17)15-12-4-2-3-5-12;/h11-12,14H,2-10H2,1H3,(H,15,17);1H. The van der Waals surface area contributed by atoms with Crippen molar-refractivity contribution in [2.24, 2.45) is 5.92 Å². The van der Waals surface area contributed by atoms with Gasteiger partial charge in [-0.1, -0.05) is 12.8 Å². The Balaban J connectivity index is 0.00000162. The van der Waals surface area contributed by atoms with Crippen LogP contribution in [0.25, 0.3) is 0 Å². The highest BCUT2D eigenvalue weighted by atomic mass is 35.5. The lowest BCUT2D eigenvalue weighted by Gasteiger charge is -2.18. The fraction of sp³-hybridized carbons (Fsp3) is 0.923. The van der Waals surface area contributed by atoms with Crippen molar-refractivity contribution in [2.45, 2.75) is 38.1 Å². The molecule has 4 nitrogen and oxygen atoms in total. The van der Waals surface area contributed by atoms with Crippen LogP contribution in [0.4, 0.5) is 0 Å². The predicted molar refractivity (Wildman–Crippen MR) is 76.1 cm³/mol. The summed E-state index contributed by atoms with van der Waals surface area (Å²) in [6.07, 6.45) is 6.12. The van der Waals surface area contributed by atoms with E-state index < -0.39 is 0 Å². The van der Waals surface area contributed by atoms with Gasteiger partial charge in [-0.15, -0.1) is 12.4 Å². The number of rotatable bonds is 5. The summed E-state index contributed by atoms with van der Waals surface area (Å²) in [6.45, 7) is 3.81. The molecule has 1 atom stereocenters. The van der Waals surface area contributed by atoms with Crippen LogP contribution in [0, 0.1) is 5.92 Å². The van der Waals surface area contributed by atoms with Crippen molar-refractivity contribution < 1.29 is 4.79 Å². The zero-order valence-corrected chi connectivity index (χ0v) is 12.1. The number of nitrogens with one attached hydrogen (secondary N) is 2. The van der Waals surface area contributed by atoms with Crippen LogP contribution in [0.5, 0.6) is 0 Å². The Labute approximate surface area is 116 Å². The zero-order chi connectivity index (χ0) is 12.1. The van der Waals surface area contributed by atoms with E-state index >= 15 is 0 Å². The number of hydrogen-bond donors (Lipinski definition) is 2. The summed E-state index contributed by atoms with van der Waals surface area (Å²) in [5, 5.41) is 6.37. The molecule has 1 aliphatic carbocycles. The molecule has 1 aliphatic heterocycles. The van der Waals surface area contributed by atoms with Crippen LogP contribution in [-0.4, -0.2) is 50.1 Å². The van der Waals surface area contributed by atoms with Gasteiger partial charge in [-0.2, -0.15) is 0 Å². The van der Waals surface area contributed by atoms with Crippen molar-refractivity contribution in [3.8, 4) is 0 Å². The molecule has 1 unspecified atom stereocenters. The summed E-state index contributed by atoms with van der Waals surface area (Å²) in [6, 6.07) is 0.457. The molecule has 5 heteroatoms. The number of amides is 1. The highest BCUT2D eigenvalue weighted by Crippen LogP contribution is 2.18. The molecule has 1 heterocycles. The molecule has 0 aromatic heterocycles. The third-order valence-corrected chi connectivity index (χ3v) is 3.95. The molecule has 0 aromatic rings. The van der Waals surface area contributed by atoms with Gasteiger partial charge in [-0.05, 0) is 45.3 Å². The Bertz CT molecular complexity index is 257. The topological polar surface area (TPSA) is 44.4 Å². The first-order chi connectivity index (χ1) is 8.28. The van der Waals surface area contributed by atoms with E-state index in [4.69, 9.17) is 0 Å². The smallest absolute Gasteiger partial charge is 0.234 e. The third kappa shape index (κ3) is 4.75. The highest BCUT2D eigenvalue weighted by molar-refractivity contribution is 5.85. The fourth-order valence-corrected chi connectivity index (χ4v) is 3.06. The van der Waals surface area contributed by atoms with Crippen LogP contribution < -0.4 is 10.6 Å². The Kier molecular flexibility index (Phi) is 6.97. The van der Waals surface area contributed by atoms with Crippen LogP contribution in [-0.2, 0) is 4.79 Å². The maximum atomic E-state index is 11.9. The first-order valence-electron chi connectivity index (χ1n) is 6.94. The van der Waals surface area contributed by atoms with Gasteiger partial charge in [0, 0.05) is 12.6 Å². The van der Waals surface area contributed by atoms with Gasteiger partial charge in [0.15, 0.2) is 0 Å². The van der Waals surface area contributed by atoms with Crippen LogP contribution >= 0.6 is 12.4 Å². The summed E-state index contributed by atoms with van der Waals surface area (Å²) < 4.78 is 0. The summed E-state index contributed by atoms with van der Waals surface area (Å²) in [7, 11) is 2.00. The van der Waals surface area contributed by atoms with E-state index in [1.54, 1.807) is 0 Å². The maximum Gasteiger partial charge on any atom is 0.234 e. The lowest BCUT2D eigenvalue weighted by molar-refractivity contribution is -0.122. The van der Waals surface area contributed by atoms with Crippen LogP contribution in [0.1, 0.15) is 32.1 Å². The van der Waals surface area contributed by atoms with Gasteiger partial charge in [-0.3, -0.25) is 9.69 Å². The molecular formula is C13H26ClN3O. The molecule has 1 amide bonds. The molecule has 18 heavy (non-hydrogen) atoms. The number of likely N-dealkylation sites (tertiary alicyclic amines) is 1.